The number of pyridine rings is 1. The standard InChI is InChI=1S/C12H13N5O/c1-8-2-3-9(4-15-8)5-16-12(18)10-6-14-7-11(13)17-10/h2-4,6-7H,5H2,1H3,(H2,13,17)(H,16,18). The zero-order valence-corrected chi connectivity index (χ0v) is 9.92. The second kappa shape index (κ2) is 5.22. The van der Waals surface area contributed by atoms with Gasteiger partial charge in [0.15, 0.2) is 0 Å². The first-order valence-electron chi connectivity index (χ1n) is 5.42. The molecule has 0 aliphatic carbocycles. The van der Waals surface area contributed by atoms with Crippen LogP contribution in [0.4, 0.5) is 5.82 Å². The van der Waals surface area contributed by atoms with Crippen LogP contribution in [-0.4, -0.2) is 20.9 Å². The number of aromatic nitrogens is 3. The molecule has 0 aliphatic rings. The Morgan fingerprint density at radius 1 is 1.33 bits per heavy atom. The normalized spacial score (nSPS) is 10.1. The van der Waals surface area contributed by atoms with Crippen molar-refractivity contribution in [2.75, 3.05) is 5.73 Å². The minimum absolute atomic E-state index is 0.204. The lowest BCUT2D eigenvalue weighted by Crippen LogP contribution is -2.24. The van der Waals surface area contributed by atoms with Gasteiger partial charge in [0.25, 0.3) is 5.91 Å². The molecular weight excluding hydrogens is 230 g/mol. The van der Waals surface area contributed by atoms with Crippen LogP contribution in [0.2, 0.25) is 0 Å². The van der Waals surface area contributed by atoms with Gasteiger partial charge in [-0.1, -0.05) is 6.07 Å². The van der Waals surface area contributed by atoms with Crippen molar-refractivity contribution in [3.8, 4) is 0 Å². The van der Waals surface area contributed by atoms with E-state index in [1.807, 2.05) is 19.1 Å². The largest absolute Gasteiger partial charge is 0.382 e. The molecule has 2 aromatic rings. The van der Waals surface area contributed by atoms with Crippen molar-refractivity contribution >= 4 is 11.7 Å². The summed E-state index contributed by atoms with van der Waals surface area (Å²) in [6.07, 6.45) is 4.49. The molecule has 6 heteroatoms. The van der Waals surface area contributed by atoms with Crippen LogP contribution in [0.3, 0.4) is 0 Å². The number of nitrogens with zero attached hydrogens (tertiary/aromatic N) is 3. The summed E-state index contributed by atoms with van der Waals surface area (Å²) in [5, 5.41) is 2.72. The first kappa shape index (κ1) is 12.0. The zero-order valence-electron chi connectivity index (χ0n) is 9.92. The Kier molecular flexibility index (Phi) is 3.47. The maximum absolute atomic E-state index is 11.7. The molecule has 92 valence electrons. The van der Waals surface area contributed by atoms with Crippen molar-refractivity contribution in [1.82, 2.24) is 20.3 Å². The molecule has 0 bridgehead atoms. The summed E-state index contributed by atoms with van der Waals surface area (Å²) < 4.78 is 0. The predicted octanol–water partition coefficient (Wildman–Crippen LogP) is 0.692. The van der Waals surface area contributed by atoms with E-state index in [9.17, 15) is 4.79 Å². The van der Waals surface area contributed by atoms with Gasteiger partial charge in [-0.25, -0.2) is 4.98 Å². The number of rotatable bonds is 3. The second-order valence-corrected chi connectivity index (χ2v) is 3.82. The Labute approximate surface area is 104 Å². The fourth-order valence-electron chi connectivity index (χ4n) is 1.37. The molecule has 3 N–H and O–H groups in total. The third kappa shape index (κ3) is 3.00. The van der Waals surface area contributed by atoms with Crippen LogP contribution in [0.5, 0.6) is 0 Å². The third-order valence-corrected chi connectivity index (χ3v) is 2.31. The highest BCUT2D eigenvalue weighted by molar-refractivity contribution is 5.92. The third-order valence-electron chi connectivity index (χ3n) is 2.31. The molecule has 0 aromatic carbocycles. The number of nitrogens with one attached hydrogen (secondary N) is 1. The molecule has 1 amide bonds. The number of nitrogen functional groups attached to an aromatic ring is 1. The molecule has 0 atom stereocenters. The highest BCUT2D eigenvalue weighted by atomic mass is 16.1. The average molecular weight is 243 g/mol. The van der Waals surface area contributed by atoms with E-state index >= 15 is 0 Å². The number of hydrogen-bond donors (Lipinski definition) is 2. The predicted molar refractivity (Wildman–Crippen MR) is 66.6 cm³/mol. The minimum Gasteiger partial charge on any atom is -0.382 e. The van der Waals surface area contributed by atoms with Crippen LogP contribution in [0.1, 0.15) is 21.7 Å². The summed E-state index contributed by atoms with van der Waals surface area (Å²) in [4.78, 5) is 23.6. The first-order chi connectivity index (χ1) is 8.65. The molecule has 2 heterocycles. The fraction of sp³-hybridized carbons (Fsp3) is 0.167. The van der Waals surface area contributed by atoms with Gasteiger partial charge in [0.05, 0.1) is 12.4 Å². The molecule has 2 aromatic heterocycles. The average Bonchev–Trinajstić information content (AvgIpc) is 2.38. The van der Waals surface area contributed by atoms with Crippen LogP contribution in [0, 0.1) is 6.92 Å². The van der Waals surface area contributed by atoms with E-state index < -0.39 is 0 Å². The molecule has 0 spiro atoms. The summed E-state index contributed by atoms with van der Waals surface area (Å²) >= 11 is 0. The van der Waals surface area contributed by atoms with E-state index in [1.165, 1.54) is 12.4 Å². The van der Waals surface area contributed by atoms with Crippen LogP contribution < -0.4 is 11.1 Å². The maximum atomic E-state index is 11.7. The molecule has 0 saturated carbocycles. The lowest BCUT2D eigenvalue weighted by Gasteiger charge is -2.04. The highest BCUT2D eigenvalue weighted by Gasteiger charge is 2.07. The Hall–Kier alpha value is -2.50. The van der Waals surface area contributed by atoms with Crippen molar-refractivity contribution in [2.24, 2.45) is 0 Å². The number of nitrogens with two attached hydrogens (primary N) is 1. The van der Waals surface area contributed by atoms with E-state index in [4.69, 9.17) is 5.73 Å². The number of amides is 1. The number of aryl methyl sites for hydroxylation is 1. The van der Waals surface area contributed by atoms with Crippen molar-refractivity contribution < 1.29 is 4.79 Å². The molecule has 0 unspecified atom stereocenters. The SMILES string of the molecule is Cc1ccc(CNC(=O)c2cncc(N)n2)cn1. The van der Waals surface area contributed by atoms with Gasteiger partial charge in [0.1, 0.15) is 11.5 Å². The highest BCUT2D eigenvalue weighted by Crippen LogP contribution is 2.01. The van der Waals surface area contributed by atoms with Gasteiger partial charge in [-0.3, -0.25) is 14.8 Å². The van der Waals surface area contributed by atoms with E-state index in [0.717, 1.165) is 11.3 Å². The van der Waals surface area contributed by atoms with Crippen LogP contribution in [0.15, 0.2) is 30.7 Å². The monoisotopic (exact) mass is 243 g/mol. The molecular formula is C12H13N5O. The van der Waals surface area contributed by atoms with E-state index in [2.05, 4.69) is 20.3 Å². The Bertz CT molecular complexity index is 553. The Morgan fingerprint density at radius 2 is 2.17 bits per heavy atom. The lowest BCUT2D eigenvalue weighted by atomic mass is 10.2. The molecule has 0 radical (unpaired) electrons. The maximum Gasteiger partial charge on any atom is 0.271 e. The van der Waals surface area contributed by atoms with Gasteiger partial charge >= 0.3 is 0 Å². The van der Waals surface area contributed by atoms with Crippen LogP contribution in [-0.2, 0) is 6.54 Å². The number of anilines is 1. The molecule has 0 fully saturated rings. The quantitative estimate of drug-likeness (QED) is 0.827. The van der Waals surface area contributed by atoms with Gasteiger partial charge in [0.2, 0.25) is 0 Å². The van der Waals surface area contributed by atoms with Gasteiger partial charge < -0.3 is 11.1 Å². The van der Waals surface area contributed by atoms with Gasteiger partial charge in [-0.05, 0) is 18.6 Å². The van der Waals surface area contributed by atoms with Crippen LogP contribution in [0.25, 0.3) is 0 Å². The molecule has 2 rings (SSSR count). The second-order valence-electron chi connectivity index (χ2n) is 3.82. The summed E-state index contributed by atoms with van der Waals surface area (Å²) in [6.45, 7) is 2.30. The fourth-order valence-corrected chi connectivity index (χ4v) is 1.37. The topological polar surface area (TPSA) is 93.8 Å². The van der Waals surface area contributed by atoms with Gasteiger partial charge in [-0.15, -0.1) is 0 Å². The summed E-state index contributed by atoms with van der Waals surface area (Å²) in [7, 11) is 0. The van der Waals surface area contributed by atoms with Crippen molar-refractivity contribution in [1.29, 1.82) is 0 Å². The minimum atomic E-state index is -0.310. The van der Waals surface area contributed by atoms with Crippen molar-refractivity contribution in [3.63, 3.8) is 0 Å². The summed E-state index contributed by atoms with van der Waals surface area (Å²) in [5.41, 5.74) is 7.52. The van der Waals surface area contributed by atoms with Crippen molar-refractivity contribution in [2.45, 2.75) is 13.5 Å². The summed E-state index contributed by atoms with van der Waals surface area (Å²) in [6, 6.07) is 3.80. The van der Waals surface area contributed by atoms with E-state index in [1.54, 1.807) is 6.20 Å². The smallest absolute Gasteiger partial charge is 0.271 e. The number of hydrogen-bond acceptors (Lipinski definition) is 5. The molecule has 0 saturated heterocycles. The van der Waals surface area contributed by atoms with Gasteiger partial charge in [-0.2, -0.15) is 0 Å². The van der Waals surface area contributed by atoms with Gasteiger partial charge in [0, 0.05) is 18.4 Å². The molecule has 18 heavy (non-hydrogen) atoms. The Morgan fingerprint density at radius 3 is 2.83 bits per heavy atom. The molecule has 6 nitrogen and oxygen atoms in total. The van der Waals surface area contributed by atoms with E-state index in [-0.39, 0.29) is 17.4 Å². The number of carbonyl (C=O) groups is 1. The number of carbonyl (C=O) groups excluding carboxylic acids is 1. The zero-order chi connectivity index (χ0) is 13.0. The van der Waals surface area contributed by atoms with Crippen molar-refractivity contribution in [3.05, 3.63) is 47.7 Å². The van der Waals surface area contributed by atoms with Crippen LogP contribution >= 0.6 is 0 Å². The molecule has 0 aliphatic heterocycles. The first-order valence-corrected chi connectivity index (χ1v) is 5.42. The Balaban J connectivity index is 1.98. The summed E-state index contributed by atoms with van der Waals surface area (Å²) in [5.74, 6) is -0.0879. The lowest BCUT2D eigenvalue weighted by molar-refractivity contribution is 0.0945. The van der Waals surface area contributed by atoms with E-state index in [0.29, 0.717) is 6.54 Å².